The zero-order valence-electron chi connectivity index (χ0n) is 12.4. The Morgan fingerprint density at radius 1 is 1.25 bits per heavy atom. The fraction of sp³-hybridized carbons (Fsp3) is 0.562. The van der Waals surface area contributed by atoms with Crippen LogP contribution in [0.25, 0.3) is 0 Å². The van der Waals surface area contributed by atoms with Gasteiger partial charge in [0.2, 0.25) is 5.91 Å². The van der Waals surface area contributed by atoms with Gasteiger partial charge in [-0.25, -0.2) is 5.84 Å². The third-order valence-corrected chi connectivity index (χ3v) is 4.36. The number of hydrogen-bond donors (Lipinski definition) is 2. The summed E-state index contributed by atoms with van der Waals surface area (Å²) in [5.74, 6) is 5.05. The van der Waals surface area contributed by atoms with Gasteiger partial charge < -0.3 is 0 Å². The highest BCUT2D eigenvalue weighted by molar-refractivity contribution is 5.78. The van der Waals surface area contributed by atoms with Gasteiger partial charge in [0, 0.05) is 18.6 Å². The van der Waals surface area contributed by atoms with E-state index in [0.717, 1.165) is 12.1 Å². The van der Waals surface area contributed by atoms with Crippen molar-refractivity contribution in [2.45, 2.75) is 58.2 Å². The number of piperidine rings is 1. The molecule has 0 aliphatic carbocycles. The maximum atomic E-state index is 11.5. The summed E-state index contributed by atoms with van der Waals surface area (Å²) in [4.78, 5) is 14.0. The fourth-order valence-electron chi connectivity index (χ4n) is 3.09. The number of likely N-dealkylation sites (tertiary alicyclic amines) is 1. The minimum atomic E-state index is -0.141. The SMILES string of the molecule is C[C@@H]1CCC[C@H](C)N1Cc1ccccc1CC(=O)NN. The quantitative estimate of drug-likeness (QED) is 0.502. The Hall–Kier alpha value is -1.39. The van der Waals surface area contributed by atoms with Crippen LogP contribution in [-0.4, -0.2) is 22.9 Å². The molecule has 1 fully saturated rings. The maximum absolute atomic E-state index is 11.5. The number of hydrogen-bond acceptors (Lipinski definition) is 3. The number of rotatable bonds is 4. The van der Waals surface area contributed by atoms with Crippen LogP contribution >= 0.6 is 0 Å². The molecule has 1 saturated heterocycles. The Morgan fingerprint density at radius 2 is 1.85 bits per heavy atom. The highest BCUT2D eigenvalue weighted by atomic mass is 16.2. The average Bonchev–Trinajstić information content (AvgIpc) is 2.44. The molecule has 0 aromatic heterocycles. The molecule has 1 heterocycles. The number of nitrogens with one attached hydrogen (secondary N) is 1. The van der Waals surface area contributed by atoms with Crippen molar-refractivity contribution in [2.75, 3.05) is 0 Å². The Morgan fingerprint density at radius 3 is 2.45 bits per heavy atom. The number of carbonyl (C=O) groups is 1. The van der Waals surface area contributed by atoms with Gasteiger partial charge in [0.25, 0.3) is 0 Å². The zero-order valence-corrected chi connectivity index (χ0v) is 12.4. The normalized spacial score (nSPS) is 23.6. The number of amides is 1. The summed E-state index contributed by atoms with van der Waals surface area (Å²) in [7, 11) is 0. The summed E-state index contributed by atoms with van der Waals surface area (Å²) in [5, 5.41) is 0. The summed E-state index contributed by atoms with van der Waals surface area (Å²) in [6, 6.07) is 9.37. The van der Waals surface area contributed by atoms with E-state index < -0.39 is 0 Å². The predicted molar refractivity (Wildman–Crippen MR) is 80.8 cm³/mol. The first-order chi connectivity index (χ1) is 9.61. The number of carbonyl (C=O) groups excluding carboxylic acids is 1. The largest absolute Gasteiger partial charge is 0.294 e. The minimum Gasteiger partial charge on any atom is -0.294 e. The minimum absolute atomic E-state index is 0.141. The van der Waals surface area contributed by atoms with Crippen molar-refractivity contribution >= 4 is 5.91 Å². The van der Waals surface area contributed by atoms with E-state index in [1.165, 1.54) is 24.8 Å². The number of hydrazine groups is 1. The topological polar surface area (TPSA) is 58.4 Å². The van der Waals surface area contributed by atoms with Gasteiger partial charge in [-0.2, -0.15) is 0 Å². The molecule has 4 nitrogen and oxygen atoms in total. The molecule has 0 saturated carbocycles. The van der Waals surface area contributed by atoms with Crippen molar-refractivity contribution in [3.8, 4) is 0 Å². The van der Waals surface area contributed by atoms with Gasteiger partial charge in [-0.3, -0.25) is 15.1 Å². The van der Waals surface area contributed by atoms with Crippen molar-refractivity contribution in [3.05, 3.63) is 35.4 Å². The lowest BCUT2D eigenvalue weighted by Crippen LogP contribution is -2.43. The van der Waals surface area contributed by atoms with Crippen molar-refractivity contribution in [1.82, 2.24) is 10.3 Å². The van der Waals surface area contributed by atoms with E-state index >= 15 is 0 Å². The van der Waals surface area contributed by atoms with Crippen LogP contribution < -0.4 is 11.3 Å². The van der Waals surface area contributed by atoms with E-state index in [-0.39, 0.29) is 5.91 Å². The highest BCUT2D eigenvalue weighted by Gasteiger charge is 2.25. The van der Waals surface area contributed by atoms with Crippen molar-refractivity contribution in [1.29, 1.82) is 0 Å². The van der Waals surface area contributed by atoms with Crippen LogP contribution in [-0.2, 0) is 17.8 Å². The number of benzene rings is 1. The van der Waals surface area contributed by atoms with E-state index in [1.54, 1.807) is 0 Å². The number of nitrogens with two attached hydrogens (primary N) is 1. The van der Waals surface area contributed by atoms with Crippen LogP contribution in [0.5, 0.6) is 0 Å². The van der Waals surface area contributed by atoms with Crippen LogP contribution in [0.1, 0.15) is 44.2 Å². The molecule has 1 aliphatic heterocycles. The molecule has 2 rings (SSSR count). The molecule has 1 aromatic rings. The molecule has 0 radical (unpaired) electrons. The second kappa shape index (κ2) is 6.86. The van der Waals surface area contributed by atoms with Crippen molar-refractivity contribution in [3.63, 3.8) is 0 Å². The van der Waals surface area contributed by atoms with E-state index in [2.05, 4.69) is 30.2 Å². The number of nitrogens with zero attached hydrogens (tertiary/aromatic N) is 1. The summed E-state index contributed by atoms with van der Waals surface area (Å²) in [5.41, 5.74) is 4.51. The molecular weight excluding hydrogens is 250 g/mol. The predicted octanol–water partition coefficient (Wildman–Crippen LogP) is 1.98. The molecule has 0 unspecified atom stereocenters. The standard InChI is InChI=1S/C16H25N3O/c1-12-6-5-7-13(2)19(12)11-15-9-4-3-8-14(15)10-16(20)18-17/h3-4,8-9,12-13H,5-7,10-11,17H2,1-2H3,(H,18,20)/t12-,13+. The van der Waals surface area contributed by atoms with Gasteiger partial charge in [-0.05, 0) is 37.8 Å². The summed E-state index contributed by atoms with van der Waals surface area (Å²) in [6.07, 6.45) is 4.19. The lowest BCUT2D eigenvalue weighted by Gasteiger charge is -2.39. The van der Waals surface area contributed by atoms with Crippen molar-refractivity contribution < 1.29 is 4.79 Å². The Bertz CT molecular complexity index is 451. The molecule has 110 valence electrons. The summed E-state index contributed by atoms with van der Waals surface area (Å²) in [6.45, 7) is 5.51. The van der Waals surface area contributed by atoms with Gasteiger partial charge in [0.1, 0.15) is 0 Å². The maximum Gasteiger partial charge on any atom is 0.238 e. The van der Waals surface area contributed by atoms with E-state index in [4.69, 9.17) is 5.84 Å². The first kappa shape index (κ1) is 15.0. The molecule has 1 aromatic carbocycles. The molecule has 20 heavy (non-hydrogen) atoms. The second-order valence-corrected chi connectivity index (χ2v) is 5.81. The van der Waals surface area contributed by atoms with Gasteiger partial charge in [0.05, 0.1) is 6.42 Å². The van der Waals surface area contributed by atoms with Gasteiger partial charge >= 0.3 is 0 Å². The smallest absolute Gasteiger partial charge is 0.238 e. The third kappa shape index (κ3) is 3.58. The first-order valence-electron chi connectivity index (χ1n) is 7.43. The highest BCUT2D eigenvalue weighted by Crippen LogP contribution is 2.25. The lowest BCUT2D eigenvalue weighted by molar-refractivity contribution is -0.120. The second-order valence-electron chi connectivity index (χ2n) is 5.81. The van der Waals surface area contributed by atoms with Crippen LogP contribution in [0.15, 0.2) is 24.3 Å². The monoisotopic (exact) mass is 275 g/mol. The molecule has 1 amide bonds. The fourth-order valence-corrected chi connectivity index (χ4v) is 3.09. The first-order valence-corrected chi connectivity index (χ1v) is 7.43. The summed E-state index contributed by atoms with van der Waals surface area (Å²) >= 11 is 0. The van der Waals surface area contributed by atoms with Crippen LogP contribution in [0.4, 0.5) is 0 Å². The van der Waals surface area contributed by atoms with Crippen molar-refractivity contribution in [2.24, 2.45) is 5.84 Å². The molecule has 4 heteroatoms. The molecule has 0 spiro atoms. The van der Waals surface area contributed by atoms with E-state index in [0.29, 0.717) is 18.5 Å². The van der Waals surface area contributed by atoms with E-state index in [1.807, 2.05) is 18.2 Å². The Kier molecular flexibility index (Phi) is 5.15. The zero-order chi connectivity index (χ0) is 14.5. The van der Waals surface area contributed by atoms with E-state index in [9.17, 15) is 4.79 Å². The molecule has 2 atom stereocenters. The van der Waals surface area contributed by atoms with Crippen LogP contribution in [0.2, 0.25) is 0 Å². The Balaban J connectivity index is 2.13. The van der Waals surface area contributed by atoms with Gasteiger partial charge in [0.15, 0.2) is 0 Å². The van der Waals surface area contributed by atoms with Crippen LogP contribution in [0.3, 0.4) is 0 Å². The van der Waals surface area contributed by atoms with Crippen LogP contribution in [0, 0.1) is 0 Å². The van der Waals surface area contributed by atoms with Gasteiger partial charge in [-0.15, -0.1) is 0 Å². The summed E-state index contributed by atoms with van der Waals surface area (Å²) < 4.78 is 0. The lowest BCUT2D eigenvalue weighted by atomic mass is 9.95. The third-order valence-electron chi connectivity index (χ3n) is 4.36. The average molecular weight is 275 g/mol. The molecule has 1 aliphatic rings. The Labute approximate surface area is 121 Å². The molecule has 3 N–H and O–H groups in total. The molecule has 0 bridgehead atoms. The van der Waals surface area contributed by atoms with Gasteiger partial charge in [-0.1, -0.05) is 30.7 Å². The molecular formula is C16H25N3O.